The Hall–Kier alpha value is -2.37. The summed E-state index contributed by atoms with van der Waals surface area (Å²) in [6.45, 7) is 4.54. The lowest BCUT2D eigenvalue weighted by molar-refractivity contribution is -0.139. The van der Waals surface area contributed by atoms with Crippen LogP contribution in [0.15, 0.2) is 29.4 Å². The lowest BCUT2D eigenvalue weighted by Gasteiger charge is -2.15. The number of carboxylic acids is 1. The highest BCUT2D eigenvalue weighted by molar-refractivity contribution is 5.97. The Bertz CT molecular complexity index is 566. The fourth-order valence-corrected chi connectivity index (χ4v) is 2.13. The molecule has 6 nitrogen and oxygen atoms in total. The van der Waals surface area contributed by atoms with Crippen LogP contribution in [0.2, 0.25) is 0 Å². The van der Waals surface area contributed by atoms with Crippen molar-refractivity contribution in [3.8, 4) is 0 Å². The van der Waals surface area contributed by atoms with E-state index in [0.29, 0.717) is 12.0 Å². The molecule has 112 valence electrons. The quantitative estimate of drug-likeness (QED) is 0.867. The molecule has 1 amide bonds. The summed E-state index contributed by atoms with van der Waals surface area (Å²) < 4.78 is 0. The average molecular weight is 289 g/mol. The summed E-state index contributed by atoms with van der Waals surface area (Å²) in [5.41, 5.74) is 2.45. The maximum Gasteiger partial charge on any atom is 0.326 e. The molecule has 0 radical (unpaired) electrons. The zero-order valence-electron chi connectivity index (χ0n) is 12.2. The second kappa shape index (κ2) is 6.39. The van der Waals surface area contributed by atoms with Gasteiger partial charge < -0.3 is 10.4 Å². The van der Waals surface area contributed by atoms with Crippen LogP contribution in [-0.4, -0.2) is 35.3 Å². The Morgan fingerprint density at radius 1 is 1.38 bits per heavy atom. The first-order chi connectivity index (χ1) is 10.0. The number of nitrogens with one attached hydrogen (secondary N) is 1. The van der Waals surface area contributed by atoms with Crippen LogP contribution in [0.25, 0.3) is 0 Å². The molecule has 0 fully saturated rings. The summed E-state index contributed by atoms with van der Waals surface area (Å²) in [5.74, 6) is -1.40. The number of hydrogen-bond acceptors (Lipinski definition) is 4. The second-order valence-electron chi connectivity index (χ2n) is 5.03. The third-order valence-electron chi connectivity index (χ3n) is 3.42. The van der Waals surface area contributed by atoms with Crippen LogP contribution in [0.4, 0.5) is 5.69 Å². The van der Waals surface area contributed by atoms with E-state index in [2.05, 4.69) is 10.4 Å². The van der Waals surface area contributed by atoms with E-state index < -0.39 is 12.0 Å². The van der Waals surface area contributed by atoms with Crippen molar-refractivity contribution >= 4 is 23.3 Å². The van der Waals surface area contributed by atoms with Crippen molar-refractivity contribution in [2.24, 2.45) is 5.10 Å². The van der Waals surface area contributed by atoms with Gasteiger partial charge in [-0.1, -0.05) is 6.92 Å². The minimum Gasteiger partial charge on any atom is -0.480 e. The zero-order valence-corrected chi connectivity index (χ0v) is 12.2. The first-order valence-corrected chi connectivity index (χ1v) is 6.96. The number of anilines is 1. The van der Waals surface area contributed by atoms with Crippen molar-refractivity contribution in [1.29, 1.82) is 0 Å². The van der Waals surface area contributed by atoms with E-state index in [1.807, 2.05) is 24.1 Å². The summed E-state index contributed by atoms with van der Waals surface area (Å²) in [6.07, 6.45) is 1.29. The number of carboxylic acid groups (broad SMARTS) is 1. The van der Waals surface area contributed by atoms with Crippen molar-refractivity contribution < 1.29 is 14.7 Å². The number of hydrazone groups is 1. The van der Waals surface area contributed by atoms with Crippen molar-refractivity contribution in [3.05, 3.63) is 29.8 Å². The Labute approximate surface area is 123 Å². The van der Waals surface area contributed by atoms with Gasteiger partial charge in [-0.25, -0.2) is 4.79 Å². The van der Waals surface area contributed by atoms with E-state index in [1.165, 1.54) is 0 Å². The van der Waals surface area contributed by atoms with Gasteiger partial charge in [0.2, 0.25) is 0 Å². The molecule has 0 aromatic heterocycles. The standard InChI is InChI=1S/C15H19N3O3/c1-3-13(15(20)21)16-14(19)11-4-6-12(7-5-11)18-9-8-10(2)17-18/h4-7,13H,3,8-9H2,1-2H3,(H,16,19)(H,20,21). The van der Waals surface area contributed by atoms with Crippen molar-refractivity contribution in [3.63, 3.8) is 0 Å². The lowest BCUT2D eigenvalue weighted by atomic mass is 10.1. The first kappa shape index (κ1) is 15.0. The number of carbonyl (C=O) groups excluding carboxylic acids is 1. The van der Waals surface area contributed by atoms with Crippen molar-refractivity contribution in [1.82, 2.24) is 5.32 Å². The van der Waals surface area contributed by atoms with Gasteiger partial charge in [0.25, 0.3) is 5.91 Å². The molecule has 1 unspecified atom stereocenters. The molecule has 1 heterocycles. The van der Waals surface area contributed by atoms with Gasteiger partial charge in [0.15, 0.2) is 0 Å². The summed E-state index contributed by atoms with van der Waals surface area (Å²) >= 11 is 0. The molecular weight excluding hydrogens is 270 g/mol. The molecule has 0 spiro atoms. The summed E-state index contributed by atoms with van der Waals surface area (Å²) in [7, 11) is 0. The van der Waals surface area contributed by atoms with E-state index in [9.17, 15) is 9.59 Å². The van der Waals surface area contributed by atoms with Gasteiger partial charge in [-0.05, 0) is 37.6 Å². The molecule has 0 aliphatic carbocycles. The van der Waals surface area contributed by atoms with Crippen LogP contribution in [0, 0.1) is 0 Å². The Morgan fingerprint density at radius 3 is 2.52 bits per heavy atom. The number of aliphatic carboxylic acids is 1. The maximum atomic E-state index is 12.0. The van der Waals surface area contributed by atoms with E-state index in [-0.39, 0.29) is 5.91 Å². The van der Waals surface area contributed by atoms with Gasteiger partial charge in [0, 0.05) is 24.2 Å². The third kappa shape index (κ3) is 3.59. The number of carbonyl (C=O) groups is 2. The van der Waals surface area contributed by atoms with Gasteiger partial charge in [0.1, 0.15) is 6.04 Å². The molecule has 1 atom stereocenters. The Kier molecular flexibility index (Phi) is 4.57. The molecule has 1 aromatic rings. The SMILES string of the molecule is CCC(NC(=O)c1ccc(N2CCC(C)=N2)cc1)C(=O)O. The molecule has 0 saturated carbocycles. The minimum absolute atomic E-state index is 0.348. The highest BCUT2D eigenvalue weighted by atomic mass is 16.4. The highest BCUT2D eigenvalue weighted by Crippen LogP contribution is 2.19. The average Bonchev–Trinajstić information content (AvgIpc) is 2.91. The smallest absolute Gasteiger partial charge is 0.326 e. The Morgan fingerprint density at radius 2 is 2.05 bits per heavy atom. The third-order valence-corrected chi connectivity index (χ3v) is 3.42. The van der Waals surface area contributed by atoms with E-state index in [0.717, 1.165) is 24.4 Å². The number of nitrogens with zero attached hydrogens (tertiary/aromatic N) is 2. The molecule has 2 N–H and O–H groups in total. The van der Waals surface area contributed by atoms with Crippen LogP contribution in [-0.2, 0) is 4.79 Å². The van der Waals surface area contributed by atoms with Crippen LogP contribution < -0.4 is 10.3 Å². The first-order valence-electron chi connectivity index (χ1n) is 6.96. The molecule has 2 rings (SSSR count). The van der Waals surface area contributed by atoms with Crippen molar-refractivity contribution in [2.75, 3.05) is 11.6 Å². The molecule has 0 saturated heterocycles. The lowest BCUT2D eigenvalue weighted by Crippen LogP contribution is -2.40. The monoisotopic (exact) mass is 289 g/mol. The van der Waals surface area contributed by atoms with Gasteiger partial charge in [-0.2, -0.15) is 5.10 Å². The number of hydrogen-bond donors (Lipinski definition) is 2. The van der Waals surface area contributed by atoms with Crippen molar-refractivity contribution in [2.45, 2.75) is 32.7 Å². The fourth-order valence-electron chi connectivity index (χ4n) is 2.13. The highest BCUT2D eigenvalue weighted by Gasteiger charge is 2.19. The molecule has 6 heteroatoms. The van der Waals surface area contributed by atoms with Crippen LogP contribution in [0.1, 0.15) is 37.0 Å². The summed E-state index contributed by atoms with van der Waals surface area (Å²) in [5, 5.41) is 17.7. The molecule has 21 heavy (non-hydrogen) atoms. The topological polar surface area (TPSA) is 82.0 Å². The van der Waals surface area contributed by atoms with E-state index in [1.54, 1.807) is 19.1 Å². The van der Waals surface area contributed by atoms with Gasteiger partial charge >= 0.3 is 5.97 Å². The fraction of sp³-hybridized carbons (Fsp3) is 0.400. The van der Waals surface area contributed by atoms with E-state index >= 15 is 0 Å². The molecule has 1 aliphatic heterocycles. The predicted molar refractivity (Wildman–Crippen MR) is 80.7 cm³/mol. The normalized spacial score (nSPS) is 15.5. The van der Waals surface area contributed by atoms with Crippen LogP contribution >= 0.6 is 0 Å². The van der Waals surface area contributed by atoms with Crippen LogP contribution in [0.5, 0.6) is 0 Å². The van der Waals surface area contributed by atoms with Gasteiger partial charge in [-0.3, -0.25) is 9.80 Å². The number of rotatable bonds is 5. The van der Waals surface area contributed by atoms with Gasteiger partial charge in [0.05, 0.1) is 5.69 Å². The minimum atomic E-state index is -1.02. The zero-order chi connectivity index (χ0) is 15.4. The number of benzene rings is 1. The molecular formula is C15H19N3O3. The van der Waals surface area contributed by atoms with Gasteiger partial charge in [-0.15, -0.1) is 0 Å². The molecule has 1 aromatic carbocycles. The molecule has 0 bridgehead atoms. The van der Waals surface area contributed by atoms with E-state index in [4.69, 9.17) is 5.11 Å². The predicted octanol–water partition coefficient (Wildman–Crippen LogP) is 1.87. The summed E-state index contributed by atoms with van der Waals surface area (Å²) in [4.78, 5) is 22.9. The second-order valence-corrected chi connectivity index (χ2v) is 5.03. The summed E-state index contributed by atoms with van der Waals surface area (Å²) in [6, 6.07) is 6.14. The molecule has 1 aliphatic rings. The number of amides is 1. The Balaban J connectivity index is 2.05. The maximum absolute atomic E-state index is 12.0. The largest absolute Gasteiger partial charge is 0.480 e. The van der Waals surface area contributed by atoms with Crippen LogP contribution in [0.3, 0.4) is 0 Å².